The number of nitrogens with zero attached hydrogens (tertiary/aromatic N) is 1. The number of hydrogen-bond acceptors (Lipinski definition) is 3. The molecule has 0 saturated carbocycles. The van der Waals surface area contributed by atoms with Crippen LogP contribution < -0.4 is 5.32 Å². The van der Waals surface area contributed by atoms with Crippen LogP contribution in [0.5, 0.6) is 0 Å². The smallest absolute Gasteiger partial charge is 0.317 e. The first-order valence-electron chi connectivity index (χ1n) is 5.91. The van der Waals surface area contributed by atoms with Gasteiger partial charge in [-0.2, -0.15) is 0 Å². The summed E-state index contributed by atoms with van der Waals surface area (Å²) >= 11 is 0. The number of ether oxygens (including phenoxy) is 1. The van der Waals surface area contributed by atoms with E-state index in [1.165, 1.54) is 0 Å². The van der Waals surface area contributed by atoms with E-state index in [0.29, 0.717) is 25.9 Å². The van der Waals surface area contributed by atoms with Crippen molar-refractivity contribution in [2.75, 3.05) is 26.7 Å². The Balaban J connectivity index is 2.07. The molecule has 2 N–H and O–H groups in total. The maximum absolute atomic E-state index is 11.6. The van der Waals surface area contributed by atoms with Crippen LogP contribution in [0.1, 0.15) is 25.7 Å². The van der Waals surface area contributed by atoms with Crippen LogP contribution in [0.4, 0.5) is 4.79 Å². The molecule has 0 bridgehead atoms. The molecule has 1 atom stereocenters. The molecule has 0 spiro atoms. The molecule has 2 amide bonds. The predicted octanol–water partition coefficient (Wildman–Crippen LogP) is 0.672. The molecule has 0 aliphatic carbocycles. The summed E-state index contributed by atoms with van der Waals surface area (Å²) in [5.74, 6) is -0.793. The first-order chi connectivity index (χ1) is 8.13. The third kappa shape index (κ3) is 5.04. The van der Waals surface area contributed by atoms with Gasteiger partial charge in [-0.15, -0.1) is 0 Å². The fourth-order valence-corrected chi connectivity index (χ4v) is 1.81. The SMILES string of the molecule is COC1CCN(C(=O)NCCCCC(=O)O)C1. The Labute approximate surface area is 101 Å². The van der Waals surface area contributed by atoms with Crippen molar-refractivity contribution >= 4 is 12.0 Å². The number of rotatable bonds is 6. The van der Waals surface area contributed by atoms with Gasteiger partial charge in [0.25, 0.3) is 0 Å². The number of carbonyl (C=O) groups is 2. The fraction of sp³-hybridized carbons (Fsp3) is 0.818. The Hall–Kier alpha value is -1.30. The lowest BCUT2D eigenvalue weighted by Gasteiger charge is -2.16. The van der Waals surface area contributed by atoms with Crippen LogP contribution in [0.2, 0.25) is 0 Å². The number of carboxylic acids is 1. The second-order valence-electron chi connectivity index (χ2n) is 4.18. The number of likely N-dealkylation sites (tertiary alicyclic amines) is 1. The Morgan fingerprint density at radius 1 is 1.47 bits per heavy atom. The molecule has 6 nitrogen and oxygen atoms in total. The summed E-state index contributed by atoms with van der Waals surface area (Å²) in [6, 6.07) is -0.0834. The molecule has 1 aliphatic rings. The highest BCUT2D eigenvalue weighted by atomic mass is 16.5. The van der Waals surface area contributed by atoms with Gasteiger partial charge in [0, 0.05) is 33.2 Å². The minimum Gasteiger partial charge on any atom is -0.481 e. The van der Waals surface area contributed by atoms with Crippen molar-refractivity contribution in [3.8, 4) is 0 Å². The topological polar surface area (TPSA) is 78.9 Å². The largest absolute Gasteiger partial charge is 0.481 e. The summed E-state index contributed by atoms with van der Waals surface area (Å²) < 4.78 is 5.17. The average molecular weight is 244 g/mol. The zero-order valence-electron chi connectivity index (χ0n) is 10.1. The Bertz CT molecular complexity index is 270. The summed E-state index contributed by atoms with van der Waals surface area (Å²) in [7, 11) is 1.65. The van der Waals surface area contributed by atoms with Crippen LogP contribution in [0, 0.1) is 0 Å². The molecule has 0 radical (unpaired) electrons. The fourth-order valence-electron chi connectivity index (χ4n) is 1.81. The third-order valence-electron chi connectivity index (χ3n) is 2.86. The zero-order chi connectivity index (χ0) is 12.7. The van der Waals surface area contributed by atoms with Crippen molar-refractivity contribution in [1.29, 1.82) is 0 Å². The standard InChI is InChI=1S/C11H20N2O4/c1-17-9-5-7-13(8-9)11(16)12-6-3-2-4-10(14)15/h9H,2-8H2,1H3,(H,12,16)(H,14,15). The van der Waals surface area contributed by atoms with Crippen LogP contribution in [0.15, 0.2) is 0 Å². The highest BCUT2D eigenvalue weighted by Gasteiger charge is 2.25. The van der Waals surface area contributed by atoms with Crippen molar-refractivity contribution in [1.82, 2.24) is 10.2 Å². The molecule has 1 rings (SSSR count). The molecular formula is C11H20N2O4. The Morgan fingerprint density at radius 3 is 2.82 bits per heavy atom. The van der Waals surface area contributed by atoms with Crippen molar-refractivity contribution in [2.24, 2.45) is 0 Å². The van der Waals surface area contributed by atoms with Crippen LogP contribution >= 0.6 is 0 Å². The van der Waals surface area contributed by atoms with Crippen LogP contribution in [-0.2, 0) is 9.53 Å². The van der Waals surface area contributed by atoms with Crippen molar-refractivity contribution < 1.29 is 19.4 Å². The number of urea groups is 1. The highest BCUT2D eigenvalue weighted by Crippen LogP contribution is 2.11. The molecule has 1 aliphatic heterocycles. The van der Waals surface area contributed by atoms with Gasteiger partial charge in [-0.3, -0.25) is 4.79 Å². The Morgan fingerprint density at radius 2 is 2.24 bits per heavy atom. The van der Waals surface area contributed by atoms with Gasteiger partial charge in [-0.25, -0.2) is 4.79 Å². The lowest BCUT2D eigenvalue weighted by molar-refractivity contribution is -0.137. The van der Waals surface area contributed by atoms with Gasteiger partial charge in [0.1, 0.15) is 0 Å². The van der Waals surface area contributed by atoms with E-state index < -0.39 is 5.97 Å². The number of carbonyl (C=O) groups excluding carboxylic acids is 1. The number of methoxy groups -OCH3 is 1. The molecule has 1 heterocycles. The summed E-state index contributed by atoms with van der Waals surface area (Å²) in [6.07, 6.45) is 2.47. The number of unbranched alkanes of at least 4 members (excludes halogenated alkanes) is 1. The number of hydrogen-bond donors (Lipinski definition) is 2. The molecule has 1 unspecified atom stereocenters. The van der Waals surface area contributed by atoms with Crippen molar-refractivity contribution in [2.45, 2.75) is 31.8 Å². The minimum atomic E-state index is -0.793. The second-order valence-corrected chi connectivity index (χ2v) is 4.18. The van der Waals surface area contributed by atoms with Crippen molar-refractivity contribution in [3.63, 3.8) is 0 Å². The molecule has 0 aromatic heterocycles. The molecule has 98 valence electrons. The van der Waals surface area contributed by atoms with E-state index in [9.17, 15) is 9.59 Å². The van der Waals surface area contributed by atoms with Gasteiger partial charge in [-0.05, 0) is 19.3 Å². The first kappa shape index (κ1) is 13.8. The zero-order valence-corrected chi connectivity index (χ0v) is 10.1. The number of amides is 2. The predicted molar refractivity (Wildman–Crippen MR) is 61.9 cm³/mol. The van der Waals surface area contributed by atoms with E-state index >= 15 is 0 Å². The first-order valence-corrected chi connectivity index (χ1v) is 5.91. The monoisotopic (exact) mass is 244 g/mol. The van der Waals surface area contributed by atoms with Gasteiger partial charge < -0.3 is 20.1 Å². The number of carboxylic acid groups (broad SMARTS) is 1. The lowest BCUT2D eigenvalue weighted by Crippen LogP contribution is -2.39. The average Bonchev–Trinajstić information content (AvgIpc) is 2.76. The number of aliphatic carboxylic acids is 1. The second kappa shape index (κ2) is 7.11. The Kier molecular flexibility index (Phi) is 5.76. The summed E-state index contributed by atoms with van der Waals surface area (Å²) in [5.41, 5.74) is 0. The third-order valence-corrected chi connectivity index (χ3v) is 2.86. The van der Waals surface area contributed by atoms with Gasteiger partial charge in [0.05, 0.1) is 6.10 Å². The van der Waals surface area contributed by atoms with E-state index in [2.05, 4.69) is 5.32 Å². The van der Waals surface area contributed by atoms with Gasteiger partial charge in [0.15, 0.2) is 0 Å². The quantitative estimate of drug-likeness (QED) is 0.673. The molecule has 17 heavy (non-hydrogen) atoms. The lowest BCUT2D eigenvalue weighted by atomic mass is 10.2. The maximum Gasteiger partial charge on any atom is 0.317 e. The minimum absolute atomic E-state index is 0.0834. The van der Waals surface area contributed by atoms with Gasteiger partial charge >= 0.3 is 12.0 Å². The van der Waals surface area contributed by atoms with E-state index in [4.69, 9.17) is 9.84 Å². The van der Waals surface area contributed by atoms with E-state index in [1.54, 1.807) is 12.0 Å². The van der Waals surface area contributed by atoms with Gasteiger partial charge in [-0.1, -0.05) is 0 Å². The van der Waals surface area contributed by atoms with Crippen LogP contribution in [0.25, 0.3) is 0 Å². The molecule has 0 aromatic rings. The van der Waals surface area contributed by atoms with Crippen molar-refractivity contribution in [3.05, 3.63) is 0 Å². The highest BCUT2D eigenvalue weighted by molar-refractivity contribution is 5.74. The van der Waals surface area contributed by atoms with E-state index in [-0.39, 0.29) is 18.6 Å². The molecule has 1 fully saturated rings. The summed E-state index contributed by atoms with van der Waals surface area (Å²) in [4.78, 5) is 23.6. The molecule has 6 heteroatoms. The molecule has 0 aromatic carbocycles. The summed E-state index contributed by atoms with van der Waals surface area (Å²) in [5, 5.41) is 11.2. The van der Waals surface area contributed by atoms with E-state index in [1.807, 2.05) is 0 Å². The van der Waals surface area contributed by atoms with Gasteiger partial charge in [0.2, 0.25) is 0 Å². The molecule has 1 saturated heterocycles. The van der Waals surface area contributed by atoms with Crippen LogP contribution in [-0.4, -0.2) is 54.9 Å². The molecular weight excluding hydrogens is 224 g/mol. The van der Waals surface area contributed by atoms with Crippen LogP contribution in [0.3, 0.4) is 0 Å². The summed E-state index contributed by atoms with van der Waals surface area (Å²) in [6.45, 7) is 1.89. The maximum atomic E-state index is 11.6. The number of nitrogens with one attached hydrogen (secondary N) is 1. The van der Waals surface area contributed by atoms with E-state index in [0.717, 1.165) is 13.0 Å². The normalized spacial score (nSPS) is 19.4.